The van der Waals surface area contributed by atoms with E-state index in [0.29, 0.717) is 18.0 Å². The van der Waals surface area contributed by atoms with Crippen LogP contribution in [-0.2, 0) is 9.59 Å². The second kappa shape index (κ2) is 11.3. The summed E-state index contributed by atoms with van der Waals surface area (Å²) in [5.41, 5.74) is 2.62. The lowest BCUT2D eigenvalue weighted by molar-refractivity contribution is -0.116. The Morgan fingerprint density at radius 3 is 2.59 bits per heavy atom. The van der Waals surface area contributed by atoms with Crippen molar-refractivity contribution >= 4 is 56.5 Å². The van der Waals surface area contributed by atoms with E-state index in [1.165, 1.54) is 28.5 Å². The second-order valence-electron chi connectivity index (χ2n) is 7.93. The fraction of sp³-hybridized carbons (Fsp3) is 0.222. The summed E-state index contributed by atoms with van der Waals surface area (Å²) in [6, 6.07) is 22.1. The number of carbonyl (C=O) groups excluding carboxylic acids is 2. The molecular weight excluding hydrogens is 462 g/mol. The zero-order chi connectivity index (χ0) is 23.9. The highest BCUT2D eigenvalue weighted by Crippen LogP contribution is 2.31. The van der Waals surface area contributed by atoms with E-state index in [4.69, 9.17) is 0 Å². The Morgan fingerprint density at radius 1 is 0.971 bits per heavy atom. The van der Waals surface area contributed by atoms with Gasteiger partial charge in [0.2, 0.25) is 11.8 Å². The van der Waals surface area contributed by atoms with Gasteiger partial charge in [0.15, 0.2) is 5.13 Å². The highest BCUT2D eigenvalue weighted by molar-refractivity contribution is 8.00. The molecule has 1 heterocycles. The number of nitrogens with one attached hydrogen (secondary N) is 2. The minimum absolute atomic E-state index is 0.000391. The van der Waals surface area contributed by atoms with Gasteiger partial charge in [0.25, 0.3) is 0 Å². The normalized spacial score (nSPS) is 11.8. The number of carbonyl (C=O) groups is 2. The Morgan fingerprint density at radius 2 is 1.79 bits per heavy atom. The zero-order valence-electron chi connectivity index (χ0n) is 19.2. The molecule has 174 valence electrons. The summed E-state index contributed by atoms with van der Waals surface area (Å²) < 4.78 is 0. The van der Waals surface area contributed by atoms with Crippen molar-refractivity contribution in [2.75, 3.05) is 10.6 Å². The Hall–Kier alpha value is -3.16. The van der Waals surface area contributed by atoms with Gasteiger partial charge in [-0.3, -0.25) is 9.59 Å². The van der Waals surface area contributed by atoms with E-state index in [0.717, 1.165) is 33.6 Å². The van der Waals surface area contributed by atoms with Crippen LogP contribution >= 0.6 is 23.1 Å². The molecule has 0 saturated heterocycles. The molecule has 7 heteroatoms. The largest absolute Gasteiger partial charge is 0.326 e. The third-order valence-electron chi connectivity index (χ3n) is 5.32. The van der Waals surface area contributed by atoms with E-state index < -0.39 is 0 Å². The lowest BCUT2D eigenvalue weighted by Crippen LogP contribution is -2.24. The predicted molar refractivity (Wildman–Crippen MR) is 144 cm³/mol. The number of nitrogens with zero attached hydrogens (tertiary/aromatic N) is 1. The van der Waals surface area contributed by atoms with Gasteiger partial charge >= 0.3 is 0 Å². The highest BCUT2D eigenvalue weighted by atomic mass is 32.2. The van der Waals surface area contributed by atoms with Crippen LogP contribution in [0.25, 0.3) is 22.0 Å². The Balaban J connectivity index is 1.41. The molecule has 0 radical (unpaired) electrons. The quantitative estimate of drug-likeness (QED) is 0.244. The summed E-state index contributed by atoms with van der Waals surface area (Å²) in [5.74, 6) is -0.0762. The molecular formula is C27H27N3O2S2. The van der Waals surface area contributed by atoms with Crippen molar-refractivity contribution in [1.29, 1.82) is 0 Å². The molecule has 2 amide bonds. The van der Waals surface area contributed by atoms with E-state index in [9.17, 15) is 9.59 Å². The Kier molecular flexibility index (Phi) is 7.98. The summed E-state index contributed by atoms with van der Waals surface area (Å²) in [4.78, 5) is 30.5. The van der Waals surface area contributed by atoms with Crippen LogP contribution in [0.4, 0.5) is 10.8 Å². The van der Waals surface area contributed by atoms with Crippen molar-refractivity contribution in [2.45, 2.75) is 43.3 Å². The fourth-order valence-corrected chi connectivity index (χ4v) is 5.32. The van der Waals surface area contributed by atoms with Crippen molar-refractivity contribution in [3.05, 3.63) is 72.1 Å². The van der Waals surface area contributed by atoms with E-state index in [2.05, 4.69) is 45.9 Å². The van der Waals surface area contributed by atoms with Crippen molar-refractivity contribution in [3.63, 3.8) is 0 Å². The number of rotatable bonds is 9. The van der Waals surface area contributed by atoms with Crippen LogP contribution in [0.15, 0.2) is 77.0 Å². The number of thiazole rings is 1. The van der Waals surface area contributed by atoms with E-state index in [1.54, 1.807) is 0 Å². The van der Waals surface area contributed by atoms with Gasteiger partial charge in [0, 0.05) is 27.9 Å². The Labute approximate surface area is 208 Å². The Bertz CT molecular complexity index is 1300. The summed E-state index contributed by atoms with van der Waals surface area (Å²) in [6.45, 7) is 3.97. The van der Waals surface area contributed by atoms with Gasteiger partial charge in [-0.05, 0) is 47.9 Å². The third kappa shape index (κ3) is 6.04. The number of aromatic nitrogens is 1. The van der Waals surface area contributed by atoms with Crippen molar-refractivity contribution in [3.8, 4) is 11.3 Å². The number of hydrogen-bond acceptors (Lipinski definition) is 5. The van der Waals surface area contributed by atoms with Crippen LogP contribution in [0.2, 0.25) is 0 Å². The summed E-state index contributed by atoms with van der Waals surface area (Å²) in [5, 5.41) is 10.5. The van der Waals surface area contributed by atoms with Crippen molar-refractivity contribution in [2.24, 2.45) is 0 Å². The van der Waals surface area contributed by atoms with Crippen LogP contribution in [0.5, 0.6) is 0 Å². The first kappa shape index (κ1) is 24.0. The number of benzene rings is 3. The number of fused-ring (bicyclic) bond motifs is 1. The van der Waals surface area contributed by atoms with Crippen molar-refractivity contribution < 1.29 is 9.59 Å². The van der Waals surface area contributed by atoms with Crippen LogP contribution in [0.3, 0.4) is 0 Å². The molecule has 3 aromatic carbocycles. The average molecular weight is 490 g/mol. The molecule has 1 unspecified atom stereocenters. The van der Waals surface area contributed by atoms with E-state index in [1.807, 2.05) is 55.6 Å². The van der Waals surface area contributed by atoms with Gasteiger partial charge in [-0.15, -0.1) is 23.1 Å². The molecule has 1 atom stereocenters. The SMILES string of the molecule is CCCC(=O)Nc1cccc(SC(CC)C(=O)Nc2nc(-c3ccc4ccccc4c3)cs2)c1. The smallest absolute Gasteiger partial charge is 0.239 e. The minimum atomic E-state index is -0.269. The summed E-state index contributed by atoms with van der Waals surface area (Å²) >= 11 is 2.92. The van der Waals surface area contributed by atoms with Gasteiger partial charge in [0.1, 0.15) is 0 Å². The topological polar surface area (TPSA) is 71.1 Å². The molecule has 34 heavy (non-hydrogen) atoms. The maximum atomic E-state index is 13.0. The molecule has 4 rings (SSSR count). The minimum Gasteiger partial charge on any atom is -0.326 e. The molecule has 2 N–H and O–H groups in total. The molecule has 0 aliphatic heterocycles. The van der Waals surface area contributed by atoms with Gasteiger partial charge in [-0.2, -0.15) is 0 Å². The maximum Gasteiger partial charge on any atom is 0.239 e. The lowest BCUT2D eigenvalue weighted by Gasteiger charge is -2.14. The number of hydrogen-bond donors (Lipinski definition) is 2. The van der Waals surface area contributed by atoms with E-state index in [-0.39, 0.29) is 17.1 Å². The molecule has 0 aliphatic rings. The van der Waals surface area contributed by atoms with Gasteiger partial charge in [0.05, 0.1) is 10.9 Å². The van der Waals surface area contributed by atoms with Crippen LogP contribution < -0.4 is 10.6 Å². The summed E-state index contributed by atoms with van der Waals surface area (Å²) in [7, 11) is 0. The van der Waals surface area contributed by atoms with E-state index >= 15 is 0 Å². The number of amides is 2. The molecule has 0 fully saturated rings. The van der Waals surface area contributed by atoms with Crippen LogP contribution in [0, 0.1) is 0 Å². The van der Waals surface area contributed by atoms with Gasteiger partial charge < -0.3 is 10.6 Å². The lowest BCUT2D eigenvalue weighted by atomic mass is 10.1. The van der Waals surface area contributed by atoms with Gasteiger partial charge in [-0.25, -0.2) is 4.98 Å². The molecule has 1 aromatic heterocycles. The monoisotopic (exact) mass is 489 g/mol. The fourth-order valence-electron chi connectivity index (χ4n) is 3.58. The van der Waals surface area contributed by atoms with Crippen LogP contribution in [-0.4, -0.2) is 22.0 Å². The molecule has 0 spiro atoms. The molecule has 4 aromatic rings. The van der Waals surface area contributed by atoms with Gasteiger partial charge in [-0.1, -0.05) is 56.3 Å². The first-order valence-corrected chi connectivity index (χ1v) is 13.1. The maximum absolute atomic E-state index is 13.0. The standard InChI is InChI=1S/C27H27N3O2S2/c1-3-8-25(31)28-21-11-7-12-22(16-21)34-24(4-2)26(32)30-27-29-23(17-33-27)20-14-13-18-9-5-6-10-19(18)15-20/h5-7,9-17,24H,3-4,8H2,1-2H3,(H,28,31)(H,29,30,32). The predicted octanol–water partition coefficient (Wildman–Crippen LogP) is 7.21. The number of thioether (sulfide) groups is 1. The second-order valence-corrected chi connectivity index (χ2v) is 10.1. The summed E-state index contributed by atoms with van der Waals surface area (Å²) in [6.07, 6.45) is 1.97. The molecule has 0 saturated carbocycles. The number of anilines is 2. The highest BCUT2D eigenvalue weighted by Gasteiger charge is 2.20. The first-order valence-electron chi connectivity index (χ1n) is 11.4. The molecule has 5 nitrogen and oxygen atoms in total. The van der Waals surface area contributed by atoms with Crippen LogP contribution in [0.1, 0.15) is 33.1 Å². The molecule has 0 bridgehead atoms. The average Bonchev–Trinajstić information content (AvgIpc) is 3.31. The third-order valence-corrected chi connectivity index (χ3v) is 7.43. The zero-order valence-corrected chi connectivity index (χ0v) is 20.8. The molecule has 0 aliphatic carbocycles. The van der Waals surface area contributed by atoms with Crippen molar-refractivity contribution in [1.82, 2.24) is 4.98 Å². The first-order chi connectivity index (χ1) is 16.6.